The summed E-state index contributed by atoms with van der Waals surface area (Å²) in [5, 5.41) is 4.02. The van der Waals surface area contributed by atoms with Crippen LogP contribution in [0.25, 0.3) is 6.08 Å². The molecule has 0 aliphatic rings. The molecular formula is C23H24N2O4. The lowest BCUT2D eigenvalue weighted by Crippen LogP contribution is -2.01. The van der Waals surface area contributed by atoms with E-state index in [1.165, 1.54) is 6.08 Å². The van der Waals surface area contributed by atoms with Crippen LogP contribution in [0, 0.1) is 0 Å². The number of ketones is 1. The minimum atomic E-state index is -0.0997. The summed E-state index contributed by atoms with van der Waals surface area (Å²) < 4.78 is 18.6. The summed E-state index contributed by atoms with van der Waals surface area (Å²) in [6, 6.07) is 13.2. The Labute approximate surface area is 170 Å². The summed E-state index contributed by atoms with van der Waals surface area (Å²) in [7, 11) is 3.40. The van der Waals surface area contributed by atoms with Crippen molar-refractivity contribution in [1.82, 2.24) is 9.78 Å². The first-order valence-corrected chi connectivity index (χ1v) is 9.33. The van der Waals surface area contributed by atoms with Crippen molar-refractivity contribution in [2.45, 2.75) is 13.5 Å². The number of para-hydroxylation sites is 2. The molecule has 0 fully saturated rings. The van der Waals surface area contributed by atoms with Crippen LogP contribution in [0.15, 0.2) is 60.9 Å². The van der Waals surface area contributed by atoms with Gasteiger partial charge in [-0.25, -0.2) is 0 Å². The van der Waals surface area contributed by atoms with Gasteiger partial charge in [-0.3, -0.25) is 9.48 Å². The van der Waals surface area contributed by atoms with Crippen molar-refractivity contribution in [2.75, 3.05) is 13.7 Å². The van der Waals surface area contributed by atoms with Crippen molar-refractivity contribution in [3.05, 3.63) is 77.6 Å². The molecule has 6 heteroatoms. The van der Waals surface area contributed by atoms with E-state index in [0.29, 0.717) is 30.3 Å². The molecule has 0 radical (unpaired) electrons. The number of methoxy groups -OCH3 is 1. The normalized spacial score (nSPS) is 10.9. The number of allylic oxidation sites excluding steroid dienone is 1. The van der Waals surface area contributed by atoms with Crippen LogP contribution < -0.4 is 14.2 Å². The lowest BCUT2D eigenvalue weighted by atomic mass is 10.1. The van der Waals surface area contributed by atoms with Gasteiger partial charge in [0.05, 0.1) is 25.5 Å². The molecule has 0 saturated heterocycles. The van der Waals surface area contributed by atoms with Gasteiger partial charge in [-0.2, -0.15) is 5.10 Å². The van der Waals surface area contributed by atoms with Gasteiger partial charge in [0, 0.05) is 18.8 Å². The average molecular weight is 392 g/mol. The van der Waals surface area contributed by atoms with Crippen molar-refractivity contribution in [1.29, 1.82) is 0 Å². The first-order chi connectivity index (χ1) is 14.1. The maximum Gasteiger partial charge on any atom is 0.189 e. The van der Waals surface area contributed by atoms with Gasteiger partial charge < -0.3 is 14.2 Å². The van der Waals surface area contributed by atoms with Crippen LogP contribution in [-0.2, 0) is 13.7 Å². The van der Waals surface area contributed by atoms with E-state index >= 15 is 0 Å². The molecule has 1 aromatic heterocycles. The van der Waals surface area contributed by atoms with Gasteiger partial charge in [0.15, 0.2) is 17.3 Å². The van der Waals surface area contributed by atoms with Crippen LogP contribution in [0.2, 0.25) is 0 Å². The molecule has 0 spiro atoms. The van der Waals surface area contributed by atoms with E-state index < -0.39 is 0 Å². The van der Waals surface area contributed by atoms with Crippen molar-refractivity contribution in [2.24, 2.45) is 7.05 Å². The smallest absolute Gasteiger partial charge is 0.189 e. The van der Waals surface area contributed by atoms with E-state index in [4.69, 9.17) is 14.2 Å². The summed E-state index contributed by atoms with van der Waals surface area (Å²) in [6.07, 6.45) is 6.55. The van der Waals surface area contributed by atoms with Gasteiger partial charge in [0.25, 0.3) is 0 Å². The van der Waals surface area contributed by atoms with E-state index in [1.807, 2.05) is 49.4 Å². The Kier molecular flexibility index (Phi) is 6.68. The molecule has 29 heavy (non-hydrogen) atoms. The number of hydrogen-bond acceptors (Lipinski definition) is 5. The number of aromatic nitrogens is 2. The fourth-order valence-corrected chi connectivity index (χ4v) is 2.83. The Balaban J connectivity index is 1.75. The SMILES string of the molecule is CCOc1ccccc1OCc1cc(/C=C/C(=O)c2cnn(C)c2)ccc1OC. The summed E-state index contributed by atoms with van der Waals surface area (Å²) >= 11 is 0. The average Bonchev–Trinajstić information content (AvgIpc) is 3.18. The maximum absolute atomic E-state index is 12.2. The molecule has 0 unspecified atom stereocenters. The quantitative estimate of drug-likeness (QED) is 0.401. The monoisotopic (exact) mass is 392 g/mol. The van der Waals surface area contributed by atoms with Crippen molar-refractivity contribution in [3.8, 4) is 17.2 Å². The zero-order valence-corrected chi connectivity index (χ0v) is 16.8. The fourth-order valence-electron chi connectivity index (χ4n) is 2.83. The number of benzene rings is 2. The van der Waals surface area contributed by atoms with Gasteiger partial charge in [0.2, 0.25) is 0 Å². The molecule has 0 amide bonds. The third kappa shape index (κ3) is 5.25. The predicted octanol–water partition coefficient (Wildman–Crippen LogP) is 4.30. The van der Waals surface area contributed by atoms with E-state index in [1.54, 1.807) is 37.3 Å². The van der Waals surface area contributed by atoms with E-state index in [0.717, 1.165) is 16.9 Å². The summed E-state index contributed by atoms with van der Waals surface area (Å²) in [4.78, 5) is 12.2. The number of carbonyl (C=O) groups is 1. The summed E-state index contributed by atoms with van der Waals surface area (Å²) in [6.45, 7) is 2.81. The van der Waals surface area contributed by atoms with Gasteiger partial charge in [-0.15, -0.1) is 0 Å². The lowest BCUT2D eigenvalue weighted by Gasteiger charge is -2.14. The highest BCUT2D eigenvalue weighted by Gasteiger charge is 2.09. The van der Waals surface area contributed by atoms with Crippen LogP contribution in [0.4, 0.5) is 0 Å². The highest BCUT2D eigenvalue weighted by molar-refractivity contribution is 6.06. The number of nitrogens with zero attached hydrogens (tertiary/aromatic N) is 2. The second kappa shape index (κ2) is 9.59. The summed E-state index contributed by atoms with van der Waals surface area (Å²) in [5.41, 5.74) is 2.29. The van der Waals surface area contributed by atoms with E-state index in [2.05, 4.69) is 5.10 Å². The highest BCUT2D eigenvalue weighted by atomic mass is 16.5. The molecular weight excluding hydrogens is 368 g/mol. The zero-order valence-electron chi connectivity index (χ0n) is 16.8. The number of rotatable bonds is 9. The highest BCUT2D eigenvalue weighted by Crippen LogP contribution is 2.29. The molecule has 0 atom stereocenters. The predicted molar refractivity (Wildman–Crippen MR) is 112 cm³/mol. The Hall–Kier alpha value is -3.54. The lowest BCUT2D eigenvalue weighted by molar-refractivity contribution is 0.104. The molecule has 2 aromatic carbocycles. The summed E-state index contributed by atoms with van der Waals surface area (Å²) in [5.74, 6) is 1.99. The van der Waals surface area contributed by atoms with Gasteiger partial charge >= 0.3 is 0 Å². The standard InChI is InChI=1S/C23H24N2O4/c1-4-28-22-7-5-6-8-23(22)29-16-18-13-17(10-12-21(18)27-3)9-11-20(26)19-14-24-25(2)15-19/h5-15H,4,16H2,1-3H3/b11-9+. The number of aryl methyl sites for hydroxylation is 1. The molecule has 150 valence electrons. The number of ether oxygens (including phenoxy) is 3. The maximum atomic E-state index is 12.2. The van der Waals surface area contributed by atoms with Crippen molar-refractivity contribution < 1.29 is 19.0 Å². The molecule has 3 aromatic rings. The molecule has 6 nitrogen and oxygen atoms in total. The van der Waals surface area contributed by atoms with Crippen molar-refractivity contribution >= 4 is 11.9 Å². The first kappa shape index (κ1) is 20.2. The second-order valence-corrected chi connectivity index (χ2v) is 6.34. The minimum Gasteiger partial charge on any atom is -0.496 e. The largest absolute Gasteiger partial charge is 0.496 e. The van der Waals surface area contributed by atoms with Gasteiger partial charge in [0.1, 0.15) is 12.4 Å². The number of hydrogen-bond donors (Lipinski definition) is 0. The van der Waals surface area contributed by atoms with Crippen LogP contribution in [0.1, 0.15) is 28.4 Å². The molecule has 0 bridgehead atoms. The van der Waals surface area contributed by atoms with Crippen molar-refractivity contribution in [3.63, 3.8) is 0 Å². The topological polar surface area (TPSA) is 62.6 Å². The molecule has 3 rings (SSSR count). The molecule has 0 saturated carbocycles. The first-order valence-electron chi connectivity index (χ1n) is 9.33. The second-order valence-electron chi connectivity index (χ2n) is 6.34. The van der Waals surface area contributed by atoms with Crippen LogP contribution in [0.5, 0.6) is 17.2 Å². The fraction of sp³-hybridized carbons (Fsp3) is 0.217. The van der Waals surface area contributed by atoms with Gasteiger partial charge in [-0.05, 0) is 42.8 Å². The zero-order chi connectivity index (χ0) is 20.6. The van der Waals surface area contributed by atoms with Crippen LogP contribution in [-0.4, -0.2) is 29.3 Å². The third-order valence-corrected chi connectivity index (χ3v) is 4.25. The van der Waals surface area contributed by atoms with E-state index in [9.17, 15) is 4.79 Å². The number of carbonyl (C=O) groups excluding carboxylic acids is 1. The van der Waals surface area contributed by atoms with Crippen LogP contribution >= 0.6 is 0 Å². The molecule has 0 aliphatic carbocycles. The van der Waals surface area contributed by atoms with Crippen LogP contribution in [0.3, 0.4) is 0 Å². The third-order valence-electron chi connectivity index (χ3n) is 4.25. The Morgan fingerprint density at radius 2 is 1.86 bits per heavy atom. The van der Waals surface area contributed by atoms with E-state index in [-0.39, 0.29) is 5.78 Å². The minimum absolute atomic E-state index is 0.0997. The Morgan fingerprint density at radius 3 is 2.52 bits per heavy atom. The Bertz CT molecular complexity index is 1010. The molecule has 0 aliphatic heterocycles. The van der Waals surface area contributed by atoms with Gasteiger partial charge in [-0.1, -0.05) is 24.3 Å². The Morgan fingerprint density at radius 1 is 1.10 bits per heavy atom. The molecule has 1 heterocycles. The molecule has 0 N–H and O–H groups in total.